The first kappa shape index (κ1) is 12.1. The van der Waals surface area contributed by atoms with Gasteiger partial charge in [0.1, 0.15) is 4.60 Å². The van der Waals surface area contributed by atoms with Gasteiger partial charge in [-0.2, -0.15) is 5.10 Å². The molecule has 2 N–H and O–H groups in total. The second-order valence-electron chi connectivity index (χ2n) is 5.18. The molecule has 3 atom stereocenters. The van der Waals surface area contributed by atoms with E-state index >= 15 is 0 Å². The fourth-order valence-corrected chi connectivity index (χ4v) is 3.96. The minimum atomic E-state index is -0.496. The van der Waals surface area contributed by atoms with Crippen molar-refractivity contribution in [1.29, 1.82) is 0 Å². The van der Waals surface area contributed by atoms with Gasteiger partial charge in [0.15, 0.2) is 5.78 Å². The van der Waals surface area contributed by atoms with Gasteiger partial charge in [-0.1, -0.05) is 0 Å². The molecule has 0 radical (unpaired) electrons. The molecule has 4 nitrogen and oxygen atoms in total. The molecule has 0 aliphatic heterocycles. The average molecular weight is 311 g/mol. The second kappa shape index (κ2) is 4.03. The Morgan fingerprint density at radius 1 is 1.56 bits per heavy atom. The lowest BCUT2D eigenvalue weighted by Crippen LogP contribution is -2.26. The number of nitrogens with zero attached hydrogens (tertiary/aromatic N) is 1. The van der Waals surface area contributed by atoms with Crippen LogP contribution < -0.4 is 0 Å². The summed E-state index contributed by atoms with van der Waals surface area (Å²) in [5, 5.41) is 17.5. The van der Waals surface area contributed by atoms with Crippen molar-refractivity contribution in [2.45, 2.75) is 38.7 Å². The third kappa shape index (κ3) is 1.47. The predicted octanol–water partition coefficient (Wildman–Crippen LogP) is 2.10. The van der Waals surface area contributed by atoms with E-state index in [9.17, 15) is 9.90 Å². The number of fused-ring (bicyclic) bond motifs is 3. The molecule has 1 heterocycles. The average Bonchev–Trinajstić information content (AvgIpc) is 2.81. The van der Waals surface area contributed by atoms with Gasteiger partial charge in [0.25, 0.3) is 0 Å². The van der Waals surface area contributed by atoms with Gasteiger partial charge in [0.2, 0.25) is 0 Å². The number of nitrogens with one attached hydrogen (secondary N) is 1. The van der Waals surface area contributed by atoms with Crippen LogP contribution in [0.15, 0.2) is 15.7 Å². The Hall–Kier alpha value is -0.940. The Morgan fingerprint density at radius 2 is 2.28 bits per heavy atom. The molecule has 0 saturated heterocycles. The van der Waals surface area contributed by atoms with Gasteiger partial charge in [-0.25, -0.2) is 0 Å². The summed E-state index contributed by atoms with van der Waals surface area (Å²) in [6.07, 6.45) is 1.29. The molecule has 0 bridgehead atoms. The zero-order valence-corrected chi connectivity index (χ0v) is 11.9. The Labute approximate surface area is 114 Å². The number of rotatable bonds is 1. The summed E-state index contributed by atoms with van der Waals surface area (Å²) >= 11 is 3.43. The second-order valence-corrected chi connectivity index (χ2v) is 5.94. The van der Waals surface area contributed by atoms with Gasteiger partial charge in [-0.3, -0.25) is 9.89 Å². The fraction of sp³-hybridized carbons (Fsp3) is 0.538. The van der Waals surface area contributed by atoms with E-state index < -0.39 is 6.10 Å². The zero-order valence-electron chi connectivity index (χ0n) is 10.3. The van der Waals surface area contributed by atoms with Crippen molar-refractivity contribution in [1.82, 2.24) is 10.2 Å². The molecule has 0 amide bonds. The van der Waals surface area contributed by atoms with Gasteiger partial charge < -0.3 is 5.11 Å². The van der Waals surface area contributed by atoms with E-state index in [2.05, 4.69) is 26.1 Å². The van der Waals surface area contributed by atoms with E-state index in [-0.39, 0.29) is 17.6 Å². The highest BCUT2D eigenvalue weighted by Gasteiger charge is 2.46. The molecule has 96 valence electrons. The third-order valence-electron chi connectivity index (χ3n) is 4.28. The smallest absolute Gasteiger partial charge is 0.156 e. The molecule has 2 aliphatic carbocycles. The van der Waals surface area contributed by atoms with Crippen LogP contribution in [-0.4, -0.2) is 27.2 Å². The number of ketones is 1. The molecule has 0 spiro atoms. The summed E-state index contributed by atoms with van der Waals surface area (Å²) in [5.74, 6) is 0.154. The molecule has 3 unspecified atom stereocenters. The first-order valence-corrected chi connectivity index (χ1v) is 6.94. The summed E-state index contributed by atoms with van der Waals surface area (Å²) in [6.45, 7) is 3.44. The van der Waals surface area contributed by atoms with Crippen LogP contribution in [0.25, 0.3) is 0 Å². The molecule has 18 heavy (non-hydrogen) atoms. The van der Waals surface area contributed by atoms with Crippen LogP contribution in [0.1, 0.15) is 37.4 Å². The van der Waals surface area contributed by atoms with E-state index in [0.29, 0.717) is 0 Å². The number of hydrogen-bond acceptors (Lipinski definition) is 3. The quantitative estimate of drug-likeness (QED) is 0.835. The first-order valence-electron chi connectivity index (χ1n) is 6.14. The number of carbonyl (C=O) groups excluding carboxylic acids is 1. The fourth-order valence-electron chi connectivity index (χ4n) is 3.46. The van der Waals surface area contributed by atoms with Gasteiger partial charge in [-0.15, -0.1) is 0 Å². The number of allylic oxidation sites excluding steroid dienone is 1. The van der Waals surface area contributed by atoms with Crippen LogP contribution in [-0.2, 0) is 11.2 Å². The predicted molar refractivity (Wildman–Crippen MR) is 70.2 cm³/mol. The van der Waals surface area contributed by atoms with Gasteiger partial charge in [-0.05, 0) is 48.2 Å². The Bertz CT molecular complexity index is 561. The number of aromatic amines is 1. The van der Waals surface area contributed by atoms with Crippen LogP contribution in [0.4, 0.5) is 0 Å². The number of Topliss-reactive ketones (excluding diaryl/α,β-unsaturated/α-hetero) is 1. The van der Waals surface area contributed by atoms with Crippen LogP contribution in [0, 0.1) is 5.92 Å². The van der Waals surface area contributed by atoms with Crippen molar-refractivity contribution >= 4 is 21.7 Å². The highest BCUT2D eigenvalue weighted by atomic mass is 79.9. The lowest BCUT2D eigenvalue weighted by Gasteiger charge is -2.28. The van der Waals surface area contributed by atoms with Gasteiger partial charge in [0.05, 0.1) is 6.10 Å². The molecule has 0 aromatic carbocycles. The Kier molecular flexibility index (Phi) is 2.71. The molecule has 2 aliphatic rings. The van der Waals surface area contributed by atoms with Crippen molar-refractivity contribution in [2.75, 3.05) is 0 Å². The summed E-state index contributed by atoms with van der Waals surface area (Å²) in [4.78, 5) is 11.9. The standard InChI is InChI=1S/C13H15BrN2O2/c1-5-9(6(2)17)10-7(12(5)18)3-4-8-11(10)15-16-13(8)14/h7,10,12,18H,3-4H2,1-2H3,(H,15,16). The highest BCUT2D eigenvalue weighted by molar-refractivity contribution is 9.10. The maximum atomic E-state index is 11.9. The summed E-state index contributed by atoms with van der Waals surface area (Å²) < 4.78 is 0.831. The topological polar surface area (TPSA) is 66.0 Å². The number of carbonyl (C=O) groups is 1. The molecule has 0 fully saturated rings. The lowest BCUT2D eigenvalue weighted by molar-refractivity contribution is -0.113. The van der Waals surface area contributed by atoms with Crippen molar-refractivity contribution in [2.24, 2.45) is 5.92 Å². The first-order chi connectivity index (χ1) is 8.52. The number of aliphatic hydroxyl groups is 1. The van der Waals surface area contributed by atoms with Crippen LogP contribution in [0.5, 0.6) is 0 Å². The minimum Gasteiger partial charge on any atom is -0.388 e. The number of H-pyrrole nitrogens is 1. The summed E-state index contributed by atoms with van der Waals surface area (Å²) in [7, 11) is 0. The molecular weight excluding hydrogens is 296 g/mol. The zero-order chi connectivity index (χ0) is 13.0. The maximum Gasteiger partial charge on any atom is 0.156 e. The Balaban J connectivity index is 2.16. The number of hydrogen-bond donors (Lipinski definition) is 2. The lowest BCUT2D eigenvalue weighted by atomic mass is 9.76. The molecule has 3 rings (SSSR count). The van der Waals surface area contributed by atoms with Crippen molar-refractivity contribution in [3.63, 3.8) is 0 Å². The van der Waals surface area contributed by atoms with E-state index in [4.69, 9.17) is 0 Å². The van der Waals surface area contributed by atoms with Gasteiger partial charge in [0, 0.05) is 28.7 Å². The number of aromatic nitrogens is 2. The van der Waals surface area contributed by atoms with Crippen molar-refractivity contribution < 1.29 is 9.90 Å². The molecule has 0 saturated carbocycles. The SMILES string of the molecule is CC(=O)C1=C(C)C(O)C2CCc3c(Br)n[nH]c3C12. The monoisotopic (exact) mass is 310 g/mol. The number of halogens is 1. The van der Waals surface area contributed by atoms with E-state index in [1.165, 1.54) is 0 Å². The molecule has 1 aromatic heterocycles. The van der Waals surface area contributed by atoms with E-state index in [0.717, 1.165) is 39.8 Å². The van der Waals surface area contributed by atoms with Crippen molar-refractivity contribution in [3.8, 4) is 0 Å². The molecule has 1 aromatic rings. The van der Waals surface area contributed by atoms with Crippen LogP contribution >= 0.6 is 15.9 Å². The van der Waals surface area contributed by atoms with Crippen LogP contribution in [0.3, 0.4) is 0 Å². The molecule has 5 heteroatoms. The maximum absolute atomic E-state index is 11.9. The normalized spacial score (nSPS) is 30.3. The largest absolute Gasteiger partial charge is 0.388 e. The highest BCUT2D eigenvalue weighted by Crippen LogP contribution is 2.50. The van der Waals surface area contributed by atoms with Crippen LogP contribution in [0.2, 0.25) is 0 Å². The van der Waals surface area contributed by atoms with Crippen molar-refractivity contribution in [3.05, 3.63) is 27.0 Å². The van der Waals surface area contributed by atoms with Gasteiger partial charge >= 0.3 is 0 Å². The summed E-state index contributed by atoms with van der Waals surface area (Å²) in [5.41, 5.74) is 3.75. The number of aliphatic hydroxyl groups excluding tert-OH is 1. The summed E-state index contributed by atoms with van der Waals surface area (Å²) in [6, 6.07) is 0. The molecular formula is C13H15BrN2O2. The third-order valence-corrected chi connectivity index (χ3v) is 4.94. The Morgan fingerprint density at radius 3 is 2.94 bits per heavy atom. The van der Waals surface area contributed by atoms with E-state index in [1.807, 2.05) is 6.92 Å². The minimum absolute atomic E-state index is 0.0138. The van der Waals surface area contributed by atoms with E-state index in [1.54, 1.807) is 6.92 Å².